The summed E-state index contributed by atoms with van der Waals surface area (Å²) in [7, 11) is 0. The largest absolute Gasteiger partial charge is 0.460 e. The molecule has 0 bridgehead atoms. The van der Waals surface area contributed by atoms with Gasteiger partial charge in [-0.3, -0.25) is 4.79 Å². The minimum atomic E-state index is 0.586. The molecule has 2 rings (SSSR count). The fourth-order valence-corrected chi connectivity index (χ4v) is 1.53. The van der Waals surface area contributed by atoms with Crippen molar-refractivity contribution >= 4 is 17.3 Å². The van der Waals surface area contributed by atoms with E-state index in [0.29, 0.717) is 17.7 Å². The summed E-state index contributed by atoms with van der Waals surface area (Å²) in [5.74, 6) is 0.691. The van der Waals surface area contributed by atoms with Gasteiger partial charge in [-0.2, -0.15) is 0 Å². The van der Waals surface area contributed by atoms with E-state index in [1.807, 2.05) is 24.3 Å². The second-order valence-corrected chi connectivity index (χ2v) is 3.05. The molecular formula is C12H10O2. The van der Waals surface area contributed by atoms with Crippen LogP contribution in [0.4, 0.5) is 0 Å². The molecule has 2 heteroatoms. The van der Waals surface area contributed by atoms with Crippen LogP contribution in [0.1, 0.15) is 16.1 Å². The number of hydrogen-bond acceptors (Lipinski definition) is 2. The molecule has 0 amide bonds. The molecular weight excluding hydrogens is 176 g/mol. The van der Waals surface area contributed by atoms with Crippen LogP contribution in [0.2, 0.25) is 0 Å². The molecule has 0 aliphatic rings. The van der Waals surface area contributed by atoms with Gasteiger partial charge in [-0.05, 0) is 6.07 Å². The van der Waals surface area contributed by atoms with Crippen LogP contribution in [0.15, 0.2) is 41.3 Å². The van der Waals surface area contributed by atoms with E-state index in [9.17, 15) is 4.79 Å². The van der Waals surface area contributed by atoms with E-state index >= 15 is 0 Å². The Bertz CT molecular complexity index is 480. The van der Waals surface area contributed by atoms with Gasteiger partial charge in [0.25, 0.3) is 0 Å². The molecule has 0 atom stereocenters. The van der Waals surface area contributed by atoms with Crippen LogP contribution < -0.4 is 0 Å². The molecule has 0 radical (unpaired) electrons. The van der Waals surface area contributed by atoms with E-state index in [-0.39, 0.29) is 0 Å². The number of carbonyl (C=O) groups is 1. The lowest BCUT2D eigenvalue weighted by atomic mass is 10.1. The second kappa shape index (κ2) is 3.50. The lowest BCUT2D eigenvalue weighted by Gasteiger charge is -1.88. The second-order valence-electron chi connectivity index (χ2n) is 3.05. The highest BCUT2D eigenvalue weighted by molar-refractivity contribution is 5.97. The zero-order valence-corrected chi connectivity index (χ0v) is 7.69. The highest BCUT2D eigenvalue weighted by Crippen LogP contribution is 2.24. The van der Waals surface area contributed by atoms with Gasteiger partial charge in [0.2, 0.25) is 0 Å². The zero-order valence-electron chi connectivity index (χ0n) is 7.69. The van der Waals surface area contributed by atoms with Gasteiger partial charge >= 0.3 is 0 Å². The average molecular weight is 186 g/mol. The van der Waals surface area contributed by atoms with Crippen molar-refractivity contribution in [1.29, 1.82) is 0 Å². The molecule has 1 aromatic heterocycles. The number of fused-ring (bicyclic) bond motifs is 1. The maximum absolute atomic E-state index is 10.9. The van der Waals surface area contributed by atoms with Crippen LogP contribution in [-0.2, 0) is 6.42 Å². The number of benzene rings is 1. The van der Waals surface area contributed by atoms with Gasteiger partial charge < -0.3 is 4.42 Å². The molecule has 0 N–H and O–H groups in total. The van der Waals surface area contributed by atoms with Crippen LogP contribution in [0, 0.1) is 0 Å². The first-order chi connectivity index (χ1) is 6.86. The fourth-order valence-electron chi connectivity index (χ4n) is 1.53. The van der Waals surface area contributed by atoms with Gasteiger partial charge in [0, 0.05) is 11.8 Å². The first kappa shape index (κ1) is 8.75. The van der Waals surface area contributed by atoms with Crippen molar-refractivity contribution in [3.05, 3.63) is 48.2 Å². The Kier molecular flexibility index (Phi) is 2.19. The Morgan fingerprint density at radius 1 is 1.36 bits per heavy atom. The van der Waals surface area contributed by atoms with Gasteiger partial charge in [-0.25, -0.2) is 0 Å². The highest BCUT2D eigenvalue weighted by atomic mass is 16.3. The predicted octanol–water partition coefficient (Wildman–Crippen LogP) is 2.97. The molecule has 1 aromatic carbocycles. The third-order valence-electron chi connectivity index (χ3n) is 2.16. The highest BCUT2D eigenvalue weighted by Gasteiger charge is 2.10. The third-order valence-corrected chi connectivity index (χ3v) is 2.16. The van der Waals surface area contributed by atoms with E-state index in [4.69, 9.17) is 4.42 Å². The quantitative estimate of drug-likeness (QED) is 0.545. The number of hydrogen-bond donors (Lipinski definition) is 0. The van der Waals surface area contributed by atoms with Gasteiger partial charge in [0.1, 0.15) is 11.3 Å². The third kappa shape index (κ3) is 1.25. The minimum Gasteiger partial charge on any atom is -0.460 e. The molecule has 0 spiro atoms. The zero-order chi connectivity index (χ0) is 9.97. The van der Waals surface area contributed by atoms with E-state index in [1.54, 1.807) is 6.08 Å². The maximum atomic E-state index is 10.9. The van der Waals surface area contributed by atoms with Gasteiger partial charge in [0.05, 0.1) is 5.56 Å². The summed E-state index contributed by atoms with van der Waals surface area (Å²) in [5, 5.41) is 0.874. The minimum absolute atomic E-state index is 0.586. The predicted molar refractivity (Wildman–Crippen MR) is 55.5 cm³/mol. The molecule has 0 saturated heterocycles. The smallest absolute Gasteiger partial charge is 0.154 e. The Balaban J connectivity index is 2.71. The summed E-state index contributed by atoms with van der Waals surface area (Å²) in [6, 6.07) is 7.52. The van der Waals surface area contributed by atoms with Crippen LogP contribution >= 0.6 is 0 Å². The summed E-state index contributed by atoms with van der Waals surface area (Å²) >= 11 is 0. The number of rotatable bonds is 3. The van der Waals surface area contributed by atoms with Gasteiger partial charge in [0.15, 0.2) is 6.29 Å². The van der Waals surface area contributed by atoms with Crippen LogP contribution in [-0.4, -0.2) is 6.29 Å². The number of carbonyl (C=O) groups excluding carboxylic acids is 1. The van der Waals surface area contributed by atoms with Crippen molar-refractivity contribution in [3.8, 4) is 0 Å². The van der Waals surface area contributed by atoms with Crippen molar-refractivity contribution in [2.75, 3.05) is 0 Å². The van der Waals surface area contributed by atoms with Crippen molar-refractivity contribution in [2.24, 2.45) is 0 Å². The average Bonchev–Trinajstić information content (AvgIpc) is 2.55. The lowest BCUT2D eigenvalue weighted by Crippen LogP contribution is -1.84. The van der Waals surface area contributed by atoms with Crippen LogP contribution in [0.5, 0.6) is 0 Å². The Morgan fingerprint density at radius 2 is 2.14 bits per heavy atom. The fraction of sp³-hybridized carbons (Fsp3) is 0.0833. The van der Waals surface area contributed by atoms with Crippen LogP contribution in [0.3, 0.4) is 0 Å². The maximum Gasteiger partial charge on any atom is 0.154 e. The topological polar surface area (TPSA) is 30.2 Å². The van der Waals surface area contributed by atoms with E-state index < -0.39 is 0 Å². The number of allylic oxidation sites excluding steroid dienone is 1. The molecule has 0 aliphatic heterocycles. The Hall–Kier alpha value is -1.83. The first-order valence-electron chi connectivity index (χ1n) is 4.43. The number of furan rings is 1. The van der Waals surface area contributed by atoms with Crippen molar-refractivity contribution in [2.45, 2.75) is 6.42 Å². The molecule has 2 nitrogen and oxygen atoms in total. The van der Waals surface area contributed by atoms with Gasteiger partial charge in [-0.15, -0.1) is 6.58 Å². The Morgan fingerprint density at radius 3 is 2.86 bits per heavy atom. The molecule has 0 fully saturated rings. The molecule has 0 saturated carbocycles. The molecule has 0 aliphatic carbocycles. The monoisotopic (exact) mass is 186 g/mol. The van der Waals surface area contributed by atoms with E-state index in [0.717, 1.165) is 17.3 Å². The molecule has 1 heterocycles. The number of para-hydroxylation sites is 1. The first-order valence-corrected chi connectivity index (χ1v) is 4.43. The standard InChI is InChI=1S/C12H10O2/c1-2-5-11-10(8-13)9-6-3-4-7-12(9)14-11/h2-4,6-8H,1,5H2. The van der Waals surface area contributed by atoms with Gasteiger partial charge in [-0.1, -0.05) is 24.3 Å². The SMILES string of the molecule is C=CCc1oc2ccccc2c1C=O. The summed E-state index contributed by atoms with van der Waals surface area (Å²) in [4.78, 5) is 10.9. The van der Waals surface area contributed by atoms with Crippen molar-refractivity contribution < 1.29 is 9.21 Å². The lowest BCUT2D eigenvalue weighted by molar-refractivity contribution is 0.112. The normalized spacial score (nSPS) is 10.3. The van der Waals surface area contributed by atoms with E-state index in [1.165, 1.54) is 0 Å². The van der Waals surface area contributed by atoms with E-state index in [2.05, 4.69) is 6.58 Å². The van der Waals surface area contributed by atoms with Crippen LogP contribution in [0.25, 0.3) is 11.0 Å². The summed E-state index contributed by atoms with van der Waals surface area (Å²) in [6.07, 6.45) is 3.15. The molecule has 2 aromatic rings. The summed E-state index contributed by atoms with van der Waals surface area (Å²) in [6.45, 7) is 3.63. The number of aldehydes is 1. The summed E-state index contributed by atoms with van der Waals surface area (Å²) < 4.78 is 5.53. The molecule has 0 unspecified atom stereocenters. The molecule has 14 heavy (non-hydrogen) atoms. The van der Waals surface area contributed by atoms with Crippen molar-refractivity contribution in [1.82, 2.24) is 0 Å². The van der Waals surface area contributed by atoms with Crippen molar-refractivity contribution in [3.63, 3.8) is 0 Å². The Labute approximate surface area is 81.8 Å². The summed E-state index contributed by atoms with van der Waals surface area (Å²) in [5.41, 5.74) is 1.40. The molecule has 70 valence electrons.